The first-order chi connectivity index (χ1) is 9.15. The maximum atomic E-state index is 5.75. The van der Waals surface area contributed by atoms with Crippen molar-refractivity contribution in [1.29, 1.82) is 0 Å². The summed E-state index contributed by atoms with van der Waals surface area (Å²) in [6.07, 6.45) is 1.60. The van der Waals surface area contributed by atoms with Crippen molar-refractivity contribution < 1.29 is 14.2 Å². The maximum Gasteiger partial charge on any atom is 0.227 e. The van der Waals surface area contributed by atoms with Gasteiger partial charge in [0.25, 0.3) is 0 Å². The van der Waals surface area contributed by atoms with Crippen molar-refractivity contribution in [2.24, 2.45) is 0 Å². The molecule has 0 radical (unpaired) electrons. The minimum atomic E-state index is 0.148. The van der Waals surface area contributed by atoms with Crippen LogP contribution >= 0.6 is 0 Å². The van der Waals surface area contributed by atoms with Crippen molar-refractivity contribution in [3.05, 3.63) is 30.0 Å². The minimum Gasteiger partial charge on any atom is -0.493 e. The number of hydrogen-bond donors (Lipinski definition) is 1. The molecule has 0 spiro atoms. The number of methoxy groups -OCH3 is 2. The molecular weight excluding hydrogens is 246 g/mol. The molecular formula is C13H15N3O3. The largest absolute Gasteiger partial charge is 0.493 e. The lowest BCUT2D eigenvalue weighted by atomic mass is 10.3. The summed E-state index contributed by atoms with van der Waals surface area (Å²) in [6, 6.07) is 5.36. The quantitative estimate of drug-likeness (QED) is 0.908. The first-order valence-electron chi connectivity index (χ1n) is 5.63. The fourth-order valence-corrected chi connectivity index (χ4v) is 1.56. The van der Waals surface area contributed by atoms with Crippen molar-refractivity contribution in [2.45, 2.75) is 6.92 Å². The van der Waals surface area contributed by atoms with Gasteiger partial charge >= 0.3 is 0 Å². The van der Waals surface area contributed by atoms with E-state index in [-0.39, 0.29) is 5.95 Å². The molecule has 0 aliphatic carbocycles. The predicted octanol–water partition coefficient (Wildman–Crippen LogP) is 2.18. The lowest BCUT2D eigenvalue weighted by Crippen LogP contribution is -2.01. The molecule has 0 saturated carbocycles. The third-order valence-corrected chi connectivity index (χ3v) is 2.53. The van der Waals surface area contributed by atoms with E-state index in [1.54, 1.807) is 32.5 Å². The van der Waals surface area contributed by atoms with E-state index in [4.69, 9.17) is 19.9 Å². The van der Waals surface area contributed by atoms with E-state index in [9.17, 15) is 0 Å². The van der Waals surface area contributed by atoms with Crippen LogP contribution in [0.5, 0.6) is 23.1 Å². The highest BCUT2D eigenvalue weighted by Crippen LogP contribution is 2.40. The van der Waals surface area contributed by atoms with Crippen LogP contribution in [0.2, 0.25) is 0 Å². The van der Waals surface area contributed by atoms with Crippen LogP contribution in [-0.4, -0.2) is 24.2 Å². The van der Waals surface area contributed by atoms with Gasteiger partial charge in [-0.2, -0.15) is 4.98 Å². The number of benzene rings is 1. The second-order valence-electron chi connectivity index (χ2n) is 3.81. The first kappa shape index (κ1) is 12.9. The molecule has 0 atom stereocenters. The SMILES string of the molecule is COc1cccc(OC)c1Oc1nc(N)ncc1C. The molecule has 2 N–H and O–H groups in total. The molecule has 2 rings (SSSR count). The third-order valence-electron chi connectivity index (χ3n) is 2.53. The van der Waals surface area contributed by atoms with Crippen molar-refractivity contribution in [3.63, 3.8) is 0 Å². The average Bonchev–Trinajstić information content (AvgIpc) is 2.43. The Hall–Kier alpha value is -2.50. The zero-order valence-corrected chi connectivity index (χ0v) is 11.0. The van der Waals surface area contributed by atoms with E-state index < -0.39 is 0 Å². The number of nitrogen functional groups attached to an aromatic ring is 1. The van der Waals surface area contributed by atoms with E-state index in [1.807, 2.05) is 13.0 Å². The van der Waals surface area contributed by atoms with Gasteiger partial charge in [-0.3, -0.25) is 0 Å². The van der Waals surface area contributed by atoms with E-state index in [0.717, 1.165) is 5.56 Å². The van der Waals surface area contributed by atoms with Gasteiger partial charge in [-0.1, -0.05) is 6.07 Å². The van der Waals surface area contributed by atoms with Crippen LogP contribution < -0.4 is 19.9 Å². The van der Waals surface area contributed by atoms with Crippen molar-refractivity contribution >= 4 is 5.95 Å². The lowest BCUT2D eigenvalue weighted by Gasteiger charge is -2.14. The van der Waals surface area contributed by atoms with E-state index >= 15 is 0 Å². The molecule has 1 heterocycles. The Morgan fingerprint density at radius 1 is 1.11 bits per heavy atom. The number of para-hydroxylation sites is 1. The Morgan fingerprint density at radius 2 is 1.74 bits per heavy atom. The molecule has 0 aliphatic rings. The zero-order valence-electron chi connectivity index (χ0n) is 11.0. The van der Waals surface area contributed by atoms with Crippen LogP contribution in [0.3, 0.4) is 0 Å². The molecule has 6 heteroatoms. The normalized spacial score (nSPS) is 10.1. The Balaban J connectivity index is 2.45. The van der Waals surface area contributed by atoms with Gasteiger partial charge in [-0.15, -0.1) is 0 Å². The Kier molecular flexibility index (Phi) is 3.70. The molecule has 100 valence electrons. The van der Waals surface area contributed by atoms with Crippen LogP contribution in [-0.2, 0) is 0 Å². The summed E-state index contributed by atoms with van der Waals surface area (Å²) in [4.78, 5) is 7.94. The fourth-order valence-electron chi connectivity index (χ4n) is 1.56. The molecule has 1 aromatic heterocycles. The number of aryl methyl sites for hydroxylation is 1. The number of aromatic nitrogens is 2. The molecule has 0 saturated heterocycles. The summed E-state index contributed by atoms with van der Waals surface area (Å²) in [7, 11) is 3.12. The Bertz CT molecular complexity index is 565. The summed E-state index contributed by atoms with van der Waals surface area (Å²) in [5.74, 6) is 2.07. The molecule has 1 aromatic carbocycles. The minimum absolute atomic E-state index is 0.148. The highest BCUT2D eigenvalue weighted by Gasteiger charge is 2.14. The highest BCUT2D eigenvalue weighted by atomic mass is 16.5. The molecule has 0 unspecified atom stereocenters. The number of hydrogen-bond acceptors (Lipinski definition) is 6. The molecule has 0 fully saturated rings. The summed E-state index contributed by atoms with van der Waals surface area (Å²) in [6.45, 7) is 1.83. The number of nitrogens with two attached hydrogens (primary N) is 1. The standard InChI is InChI=1S/C13H15N3O3/c1-8-7-15-13(14)16-12(8)19-11-9(17-2)5-4-6-10(11)18-3/h4-7H,1-3H3,(H2,14,15,16). The topological polar surface area (TPSA) is 79.5 Å². The third kappa shape index (κ3) is 2.67. The molecule has 2 aromatic rings. The van der Waals surface area contributed by atoms with Gasteiger partial charge < -0.3 is 19.9 Å². The van der Waals surface area contributed by atoms with Gasteiger partial charge in [-0.25, -0.2) is 4.98 Å². The van der Waals surface area contributed by atoms with E-state index in [2.05, 4.69) is 9.97 Å². The number of nitrogens with zero attached hydrogens (tertiary/aromatic N) is 2. The van der Waals surface area contributed by atoms with Crippen LogP contribution in [0.4, 0.5) is 5.95 Å². The molecule has 0 amide bonds. The van der Waals surface area contributed by atoms with Gasteiger partial charge in [0, 0.05) is 11.8 Å². The molecule has 19 heavy (non-hydrogen) atoms. The van der Waals surface area contributed by atoms with Crippen molar-refractivity contribution in [3.8, 4) is 23.1 Å². The van der Waals surface area contributed by atoms with Gasteiger partial charge in [0.1, 0.15) is 0 Å². The summed E-state index contributed by atoms with van der Waals surface area (Å²) in [5, 5.41) is 0. The Labute approximate surface area is 111 Å². The summed E-state index contributed by atoms with van der Waals surface area (Å²) >= 11 is 0. The average molecular weight is 261 g/mol. The van der Waals surface area contributed by atoms with E-state index in [0.29, 0.717) is 23.1 Å². The lowest BCUT2D eigenvalue weighted by molar-refractivity contribution is 0.341. The number of ether oxygens (including phenoxy) is 3. The molecule has 0 bridgehead atoms. The number of rotatable bonds is 4. The second kappa shape index (κ2) is 5.43. The van der Waals surface area contributed by atoms with Gasteiger partial charge in [0.15, 0.2) is 11.5 Å². The summed E-state index contributed by atoms with van der Waals surface area (Å²) in [5.41, 5.74) is 6.32. The van der Waals surface area contributed by atoms with Crippen molar-refractivity contribution in [1.82, 2.24) is 9.97 Å². The van der Waals surface area contributed by atoms with Gasteiger partial charge in [0.05, 0.1) is 14.2 Å². The van der Waals surface area contributed by atoms with Crippen molar-refractivity contribution in [2.75, 3.05) is 20.0 Å². The van der Waals surface area contributed by atoms with Gasteiger partial charge in [0.2, 0.25) is 17.6 Å². The van der Waals surface area contributed by atoms with E-state index in [1.165, 1.54) is 0 Å². The zero-order chi connectivity index (χ0) is 13.8. The van der Waals surface area contributed by atoms with Crippen LogP contribution in [0.25, 0.3) is 0 Å². The second-order valence-corrected chi connectivity index (χ2v) is 3.81. The maximum absolute atomic E-state index is 5.75. The predicted molar refractivity (Wildman–Crippen MR) is 70.8 cm³/mol. The Morgan fingerprint density at radius 3 is 2.32 bits per heavy atom. The van der Waals surface area contributed by atoms with Crippen LogP contribution in [0.1, 0.15) is 5.56 Å². The highest BCUT2D eigenvalue weighted by molar-refractivity contribution is 5.53. The molecule has 0 aliphatic heterocycles. The van der Waals surface area contributed by atoms with Crippen LogP contribution in [0.15, 0.2) is 24.4 Å². The summed E-state index contributed by atoms with van der Waals surface area (Å²) < 4.78 is 16.3. The monoisotopic (exact) mass is 261 g/mol. The van der Waals surface area contributed by atoms with Crippen LogP contribution in [0, 0.1) is 6.92 Å². The number of anilines is 1. The van der Waals surface area contributed by atoms with Gasteiger partial charge in [-0.05, 0) is 19.1 Å². The smallest absolute Gasteiger partial charge is 0.227 e. The fraction of sp³-hybridized carbons (Fsp3) is 0.231. The first-order valence-corrected chi connectivity index (χ1v) is 5.63. The molecule has 6 nitrogen and oxygen atoms in total.